The van der Waals surface area contributed by atoms with Gasteiger partial charge >= 0.3 is 0 Å². The van der Waals surface area contributed by atoms with E-state index in [1.165, 1.54) is 5.56 Å². The fraction of sp³-hybridized carbons (Fsp3) is 0.562. The lowest BCUT2D eigenvalue weighted by Gasteiger charge is -2.20. The maximum Gasteiger partial charge on any atom is 0.244 e. The van der Waals surface area contributed by atoms with E-state index >= 15 is 0 Å². The zero-order chi connectivity index (χ0) is 13.7. The Balaban J connectivity index is 2.12. The van der Waals surface area contributed by atoms with Crippen LogP contribution in [0.5, 0.6) is 0 Å². The zero-order valence-corrected chi connectivity index (χ0v) is 12.0. The molecule has 0 bridgehead atoms. The topological polar surface area (TPSA) is 32.3 Å². The van der Waals surface area contributed by atoms with E-state index < -0.39 is 0 Å². The van der Waals surface area contributed by atoms with Gasteiger partial charge in [0.15, 0.2) is 0 Å². The molecule has 1 aromatic rings. The number of amides is 1. The zero-order valence-electron chi connectivity index (χ0n) is 12.0. The molecule has 104 valence electrons. The van der Waals surface area contributed by atoms with Crippen molar-refractivity contribution < 1.29 is 4.79 Å². The van der Waals surface area contributed by atoms with Gasteiger partial charge in [-0.15, -0.1) is 0 Å². The van der Waals surface area contributed by atoms with Crippen LogP contribution in [0.4, 0.5) is 5.69 Å². The van der Waals surface area contributed by atoms with Gasteiger partial charge in [0, 0.05) is 12.2 Å². The van der Waals surface area contributed by atoms with E-state index in [-0.39, 0.29) is 11.9 Å². The van der Waals surface area contributed by atoms with Gasteiger partial charge in [-0.3, -0.25) is 4.79 Å². The van der Waals surface area contributed by atoms with Gasteiger partial charge < -0.3 is 10.2 Å². The molecule has 1 fully saturated rings. The normalized spacial score (nSPS) is 19.2. The molecule has 1 unspecified atom stereocenters. The van der Waals surface area contributed by atoms with Gasteiger partial charge in [-0.05, 0) is 37.4 Å². The summed E-state index contributed by atoms with van der Waals surface area (Å²) < 4.78 is 0. The van der Waals surface area contributed by atoms with E-state index in [0.717, 1.165) is 44.5 Å². The molecular weight excluding hydrogens is 236 g/mol. The van der Waals surface area contributed by atoms with Crippen LogP contribution < -0.4 is 10.2 Å². The minimum absolute atomic E-state index is 0.00892. The van der Waals surface area contributed by atoms with Crippen molar-refractivity contribution in [1.29, 1.82) is 0 Å². The molecule has 1 aliphatic heterocycles. The number of benzene rings is 1. The molecule has 1 aliphatic rings. The monoisotopic (exact) mass is 260 g/mol. The first-order valence-corrected chi connectivity index (χ1v) is 7.40. The van der Waals surface area contributed by atoms with Gasteiger partial charge in [0.05, 0.1) is 6.04 Å². The molecule has 1 atom stereocenters. The van der Waals surface area contributed by atoms with E-state index in [1.54, 1.807) is 0 Å². The summed E-state index contributed by atoms with van der Waals surface area (Å²) in [6, 6.07) is 8.30. The van der Waals surface area contributed by atoms with Crippen LogP contribution in [0.25, 0.3) is 0 Å². The molecule has 1 heterocycles. The molecule has 0 spiro atoms. The maximum atomic E-state index is 12.4. The molecule has 19 heavy (non-hydrogen) atoms. The van der Waals surface area contributed by atoms with Crippen molar-refractivity contribution in [3.63, 3.8) is 0 Å². The Morgan fingerprint density at radius 2 is 2.05 bits per heavy atom. The number of aryl methyl sites for hydroxylation is 1. The van der Waals surface area contributed by atoms with Crippen LogP contribution >= 0.6 is 0 Å². The highest BCUT2D eigenvalue weighted by atomic mass is 16.2. The largest absolute Gasteiger partial charge is 0.311 e. The van der Waals surface area contributed by atoms with Gasteiger partial charge in [-0.1, -0.05) is 38.5 Å². The van der Waals surface area contributed by atoms with Crippen molar-refractivity contribution in [2.75, 3.05) is 18.0 Å². The van der Waals surface area contributed by atoms with Crippen LogP contribution in [-0.4, -0.2) is 25.0 Å². The highest BCUT2D eigenvalue weighted by Gasteiger charge is 2.32. The Kier molecular flexibility index (Phi) is 4.97. The summed E-state index contributed by atoms with van der Waals surface area (Å²) in [6.07, 6.45) is 4.12. The second-order valence-corrected chi connectivity index (χ2v) is 5.16. The van der Waals surface area contributed by atoms with E-state index in [1.807, 2.05) is 11.0 Å². The lowest BCUT2D eigenvalue weighted by molar-refractivity contribution is -0.118. The first-order valence-electron chi connectivity index (χ1n) is 7.40. The van der Waals surface area contributed by atoms with E-state index in [9.17, 15) is 4.79 Å². The summed E-state index contributed by atoms with van der Waals surface area (Å²) in [4.78, 5) is 14.4. The fourth-order valence-electron chi connectivity index (χ4n) is 2.68. The van der Waals surface area contributed by atoms with Crippen LogP contribution in [0.3, 0.4) is 0 Å². The highest BCUT2D eigenvalue weighted by Crippen LogP contribution is 2.26. The minimum atomic E-state index is 0.00892. The van der Waals surface area contributed by atoms with Gasteiger partial charge in [0.1, 0.15) is 0 Å². The first-order chi connectivity index (χ1) is 9.27. The van der Waals surface area contributed by atoms with Gasteiger partial charge in [0.2, 0.25) is 5.91 Å². The second kappa shape index (κ2) is 6.71. The number of rotatable bonds is 6. The molecule has 0 saturated carbocycles. The predicted octanol–water partition coefficient (Wildman–Crippen LogP) is 2.74. The van der Waals surface area contributed by atoms with Crippen LogP contribution in [0.1, 0.15) is 38.7 Å². The van der Waals surface area contributed by atoms with Crippen molar-refractivity contribution in [2.45, 2.75) is 45.6 Å². The van der Waals surface area contributed by atoms with Crippen molar-refractivity contribution in [3.05, 3.63) is 29.8 Å². The predicted molar refractivity (Wildman–Crippen MR) is 79.5 cm³/mol. The van der Waals surface area contributed by atoms with Gasteiger partial charge in [0.25, 0.3) is 0 Å². The maximum absolute atomic E-state index is 12.4. The van der Waals surface area contributed by atoms with Crippen molar-refractivity contribution in [2.24, 2.45) is 0 Å². The summed E-state index contributed by atoms with van der Waals surface area (Å²) in [7, 11) is 0. The Labute approximate surface area is 116 Å². The molecule has 3 nitrogen and oxygen atoms in total. The highest BCUT2D eigenvalue weighted by molar-refractivity contribution is 6.00. The van der Waals surface area contributed by atoms with E-state index in [0.29, 0.717) is 0 Å². The van der Waals surface area contributed by atoms with Crippen LogP contribution in [0, 0.1) is 0 Å². The van der Waals surface area contributed by atoms with Crippen molar-refractivity contribution in [1.82, 2.24) is 5.32 Å². The summed E-state index contributed by atoms with van der Waals surface area (Å²) in [5.74, 6) is 0.233. The SMILES string of the molecule is CCCNC1CCN(c2ccccc2CCC)C1=O. The fourth-order valence-corrected chi connectivity index (χ4v) is 2.68. The third-order valence-corrected chi connectivity index (χ3v) is 3.65. The number of hydrogen-bond donors (Lipinski definition) is 1. The molecule has 0 aromatic heterocycles. The Bertz CT molecular complexity index is 431. The lowest BCUT2D eigenvalue weighted by atomic mass is 10.1. The third kappa shape index (κ3) is 3.16. The molecule has 2 rings (SSSR count). The summed E-state index contributed by atoms with van der Waals surface area (Å²) >= 11 is 0. The molecule has 1 saturated heterocycles. The van der Waals surface area contributed by atoms with Crippen molar-refractivity contribution >= 4 is 11.6 Å². The molecule has 1 amide bonds. The summed E-state index contributed by atoms with van der Waals surface area (Å²) in [6.45, 7) is 6.05. The number of nitrogens with one attached hydrogen (secondary N) is 1. The Morgan fingerprint density at radius 3 is 2.79 bits per heavy atom. The molecule has 1 aromatic carbocycles. The van der Waals surface area contributed by atoms with Gasteiger partial charge in [-0.2, -0.15) is 0 Å². The second-order valence-electron chi connectivity index (χ2n) is 5.16. The average molecular weight is 260 g/mol. The number of carbonyl (C=O) groups excluding carboxylic acids is 1. The van der Waals surface area contributed by atoms with Crippen molar-refractivity contribution in [3.8, 4) is 0 Å². The average Bonchev–Trinajstić information content (AvgIpc) is 2.79. The number of anilines is 1. The molecular formula is C16H24N2O. The first kappa shape index (κ1) is 14.1. The number of para-hydroxylation sites is 1. The summed E-state index contributed by atoms with van der Waals surface area (Å²) in [5.41, 5.74) is 2.39. The quantitative estimate of drug-likeness (QED) is 0.853. The lowest BCUT2D eigenvalue weighted by Crippen LogP contribution is -2.38. The third-order valence-electron chi connectivity index (χ3n) is 3.65. The number of carbonyl (C=O) groups is 1. The van der Waals surface area contributed by atoms with E-state index in [4.69, 9.17) is 0 Å². The molecule has 0 aliphatic carbocycles. The van der Waals surface area contributed by atoms with Crippen LogP contribution in [-0.2, 0) is 11.2 Å². The van der Waals surface area contributed by atoms with Crippen LogP contribution in [0.2, 0.25) is 0 Å². The van der Waals surface area contributed by atoms with E-state index in [2.05, 4.69) is 37.4 Å². The smallest absolute Gasteiger partial charge is 0.244 e. The Morgan fingerprint density at radius 1 is 1.26 bits per heavy atom. The Hall–Kier alpha value is -1.35. The number of hydrogen-bond acceptors (Lipinski definition) is 2. The number of nitrogens with zero attached hydrogens (tertiary/aromatic N) is 1. The standard InChI is InChI=1S/C16H24N2O/c1-3-7-13-8-5-6-9-15(13)18-12-10-14(16(18)19)17-11-4-2/h5-6,8-9,14,17H,3-4,7,10-12H2,1-2H3. The summed E-state index contributed by atoms with van der Waals surface area (Å²) in [5, 5.41) is 3.34. The minimum Gasteiger partial charge on any atom is -0.311 e. The van der Waals surface area contributed by atoms with Crippen LogP contribution in [0.15, 0.2) is 24.3 Å². The molecule has 0 radical (unpaired) electrons. The van der Waals surface area contributed by atoms with Gasteiger partial charge in [-0.25, -0.2) is 0 Å². The molecule has 3 heteroatoms. The molecule has 1 N–H and O–H groups in total.